The van der Waals surface area contributed by atoms with E-state index in [1.807, 2.05) is 105 Å². The Labute approximate surface area is 242 Å². The zero-order valence-electron chi connectivity index (χ0n) is 23.8. The molecule has 0 unspecified atom stereocenters. The molecule has 1 aliphatic heterocycles. The molecule has 0 saturated heterocycles. The maximum Gasteiger partial charge on any atom is 0.258 e. The van der Waals surface area contributed by atoms with E-state index >= 15 is 0 Å². The average molecular weight is 548 g/mol. The van der Waals surface area contributed by atoms with Crippen LogP contribution in [0.4, 0.5) is 5.69 Å². The van der Waals surface area contributed by atoms with E-state index in [1.54, 1.807) is 9.80 Å². The molecule has 0 aromatic heterocycles. The average Bonchev–Trinajstić information content (AvgIpc) is 3.27. The molecule has 1 heterocycles. The van der Waals surface area contributed by atoms with Gasteiger partial charge in [-0.05, 0) is 48.4 Å². The fourth-order valence-electron chi connectivity index (χ4n) is 5.54. The van der Waals surface area contributed by atoms with Gasteiger partial charge in [0.25, 0.3) is 5.91 Å². The SMILES string of the molecule is CCCNC(=O)[C@H](Cc1ccccc1)N(Cc1ccc(C)cc1)C(=O)CCCN1C(=O)c2cccc3cccc1c23. The van der Waals surface area contributed by atoms with Gasteiger partial charge in [0.1, 0.15) is 6.04 Å². The second kappa shape index (κ2) is 12.8. The van der Waals surface area contributed by atoms with Gasteiger partial charge in [-0.2, -0.15) is 0 Å². The molecule has 0 spiro atoms. The number of benzene rings is 4. The van der Waals surface area contributed by atoms with Crippen LogP contribution in [-0.4, -0.2) is 41.8 Å². The molecule has 0 aliphatic carbocycles. The molecule has 0 radical (unpaired) electrons. The first-order valence-electron chi connectivity index (χ1n) is 14.5. The van der Waals surface area contributed by atoms with Crippen LogP contribution in [0, 0.1) is 6.92 Å². The molecular weight excluding hydrogens is 510 g/mol. The van der Waals surface area contributed by atoms with Crippen LogP contribution in [0.15, 0.2) is 91.0 Å². The van der Waals surface area contributed by atoms with Crippen LogP contribution in [0.5, 0.6) is 0 Å². The van der Waals surface area contributed by atoms with E-state index < -0.39 is 6.04 Å². The Hall–Kier alpha value is -4.45. The molecule has 41 heavy (non-hydrogen) atoms. The standard InChI is InChI=1S/C35H37N3O3/c1-3-21-36-34(40)31(23-26-10-5-4-6-11-26)38(24-27-19-17-25(2)18-20-27)32(39)16-9-22-37-30-15-8-13-28-12-7-14-29(33(28)30)35(37)41/h4-8,10-15,17-20,31H,3,9,16,21-24H2,1-2H3,(H,36,40)/t31-/m0/s1. The van der Waals surface area contributed by atoms with E-state index in [0.29, 0.717) is 38.0 Å². The van der Waals surface area contributed by atoms with Crippen molar-refractivity contribution >= 4 is 34.2 Å². The Morgan fingerprint density at radius 2 is 1.61 bits per heavy atom. The molecule has 210 valence electrons. The summed E-state index contributed by atoms with van der Waals surface area (Å²) in [6.45, 7) is 5.37. The predicted molar refractivity (Wildman–Crippen MR) is 164 cm³/mol. The minimum atomic E-state index is -0.649. The summed E-state index contributed by atoms with van der Waals surface area (Å²) in [4.78, 5) is 44.2. The van der Waals surface area contributed by atoms with Crippen molar-refractivity contribution in [2.75, 3.05) is 18.0 Å². The number of rotatable bonds is 12. The van der Waals surface area contributed by atoms with Crippen LogP contribution in [-0.2, 0) is 22.6 Å². The second-order valence-corrected chi connectivity index (χ2v) is 10.7. The third kappa shape index (κ3) is 6.32. The predicted octanol–water partition coefficient (Wildman–Crippen LogP) is 6.05. The quantitative estimate of drug-likeness (QED) is 0.235. The van der Waals surface area contributed by atoms with Gasteiger partial charge in [-0.1, -0.05) is 91.3 Å². The lowest BCUT2D eigenvalue weighted by molar-refractivity contribution is -0.141. The Kier molecular flexibility index (Phi) is 8.78. The number of carbonyl (C=O) groups is 3. The summed E-state index contributed by atoms with van der Waals surface area (Å²) in [5.74, 6) is -0.268. The minimum Gasteiger partial charge on any atom is -0.354 e. The van der Waals surface area contributed by atoms with Gasteiger partial charge in [-0.25, -0.2) is 0 Å². The van der Waals surface area contributed by atoms with Crippen molar-refractivity contribution in [3.63, 3.8) is 0 Å². The van der Waals surface area contributed by atoms with Crippen molar-refractivity contribution in [3.8, 4) is 0 Å². The van der Waals surface area contributed by atoms with Crippen molar-refractivity contribution in [2.24, 2.45) is 0 Å². The zero-order chi connectivity index (χ0) is 28.8. The highest BCUT2D eigenvalue weighted by Gasteiger charge is 2.32. The van der Waals surface area contributed by atoms with E-state index in [0.717, 1.165) is 39.6 Å². The van der Waals surface area contributed by atoms with Gasteiger partial charge in [0.15, 0.2) is 0 Å². The lowest BCUT2D eigenvalue weighted by atomic mass is 10.0. The summed E-state index contributed by atoms with van der Waals surface area (Å²) in [5, 5.41) is 5.04. The molecule has 1 N–H and O–H groups in total. The summed E-state index contributed by atoms with van der Waals surface area (Å²) in [5.41, 5.74) is 4.72. The molecule has 3 amide bonds. The Morgan fingerprint density at radius 1 is 0.878 bits per heavy atom. The number of aryl methyl sites for hydroxylation is 1. The highest BCUT2D eigenvalue weighted by atomic mass is 16.2. The number of anilines is 1. The summed E-state index contributed by atoms with van der Waals surface area (Å²) in [7, 11) is 0. The third-order valence-corrected chi connectivity index (χ3v) is 7.72. The maximum atomic E-state index is 13.9. The minimum absolute atomic E-state index is 0.0262. The van der Waals surface area contributed by atoms with Gasteiger partial charge in [0, 0.05) is 43.4 Å². The molecule has 4 aromatic rings. The Morgan fingerprint density at radius 3 is 2.34 bits per heavy atom. The van der Waals surface area contributed by atoms with Crippen LogP contribution >= 0.6 is 0 Å². The van der Waals surface area contributed by atoms with Gasteiger partial charge >= 0.3 is 0 Å². The second-order valence-electron chi connectivity index (χ2n) is 10.7. The van der Waals surface area contributed by atoms with Crippen LogP contribution in [0.1, 0.15) is 53.2 Å². The molecule has 5 rings (SSSR count). The number of carbonyl (C=O) groups excluding carboxylic acids is 3. The molecule has 4 aromatic carbocycles. The molecule has 0 fully saturated rings. The highest BCUT2D eigenvalue weighted by Crippen LogP contribution is 2.37. The molecule has 0 bridgehead atoms. The molecule has 0 saturated carbocycles. The fraction of sp³-hybridized carbons (Fsp3) is 0.286. The smallest absolute Gasteiger partial charge is 0.258 e. The van der Waals surface area contributed by atoms with Crippen LogP contribution in [0.3, 0.4) is 0 Å². The maximum absolute atomic E-state index is 13.9. The van der Waals surface area contributed by atoms with E-state index in [1.165, 1.54) is 0 Å². The molecule has 1 aliphatic rings. The fourth-order valence-corrected chi connectivity index (χ4v) is 5.54. The van der Waals surface area contributed by atoms with Gasteiger partial charge in [0.05, 0.1) is 5.69 Å². The normalized spacial score (nSPS) is 12.9. The Bertz CT molecular complexity index is 1530. The monoisotopic (exact) mass is 547 g/mol. The molecule has 6 heteroatoms. The van der Waals surface area contributed by atoms with E-state index in [-0.39, 0.29) is 24.1 Å². The summed E-state index contributed by atoms with van der Waals surface area (Å²) < 4.78 is 0. The summed E-state index contributed by atoms with van der Waals surface area (Å²) in [6, 6.07) is 29.0. The summed E-state index contributed by atoms with van der Waals surface area (Å²) in [6.07, 6.45) is 1.97. The van der Waals surface area contributed by atoms with E-state index in [2.05, 4.69) is 5.32 Å². The zero-order valence-corrected chi connectivity index (χ0v) is 23.8. The van der Waals surface area contributed by atoms with Crippen molar-refractivity contribution < 1.29 is 14.4 Å². The van der Waals surface area contributed by atoms with Crippen molar-refractivity contribution in [2.45, 2.75) is 52.1 Å². The number of nitrogens with one attached hydrogen (secondary N) is 1. The van der Waals surface area contributed by atoms with Crippen LogP contribution in [0.25, 0.3) is 10.8 Å². The highest BCUT2D eigenvalue weighted by molar-refractivity contribution is 6.25. The summed E-state index contributed by atoms with van der Waals surface area (Å²) >= 11 is 0. The van der Waals surface area contributed by atoms with Crippen molar-refractivity contribution in [1.29, 1.82) is 0 Å². The van der Waals surface area contributed by atoms with E-state index in [9.17, 15) is 14.4 Å². The number of hydrogen-bond acceptors (Lipinski definition) is 3. The largest absolute Gasteiger partial charge is 0.354 e. The first-order valence-corrected chi connectivity index (χ1v) is 14.5. The van der Waals surface area contributed by atoms with Gasteiger partial charge < -0.3 is 15.1 Å². The van der Waals surface area contributed by atoms with E-state index in [4.69, 9.17) is 0 Å². The lowest BCUT2D eigenvalue weighted by Crippen LogP contribution is -2.50. The van der Waals surface area contributed by atoms with Crippen LogP contribution in [0.2, 0.25) is 0 Å². The van der Waals surface area contributed by atoms with Crippen LogP contribution < -0.4 is 10.2 Å². The molecule has 6 nitrogen and oxygen atoms in total. The number of amides is 3. The first kappa shape index (κ1) is 28.1. The number of hydrogen-bond donors (Lipinski definition) is 1. The Balaban J connectivity index is 1.36. The first-order chi connectivity index (χ1) is 20.0. The lowest BCUT2D eigenvalue weighted by Gasteiger charge is -2.32. The third-order valence-electron chi connectivity index (χ3n) is 7.72. The van der Waals surface area contributed by atoms with Crippen molar-refractivity contribution in [1.82, 2.24) is 10.2 Å². The number of nitrogens with zero attached hydrogens (tertiary/aromatic N) is 2. The molecule has 1 atom stereocenters. The topological polar surface area (TPSA) is 69.7 Å². The van der Waals surface area contributed by atoms with Crippen molar-refractivity contribution in [3.05, 3.63) is 113 Å². The molecular formula is C35H37N3O3. The van der Waals surface area contributed by atoms with Gasteiger partial charge in [-0.15, -0.1) is 0 Å². The van der Waals surface area contributed by atoms with Gasteiger partial charge in [0.2, 0.25) is 11.8 Å². The van der Waals surface area contributed by atoms with Gasteiger partial charge in [-0.3, -0.25) is 14.4 Å².